The quantitative estimate of drug-likeness (QED) is 0.647. The van der Waals surface area contributed by atoms with Gasteiger partial charge in [-0.2, -0.15) is 0 Å². The Morgan fingerprint density at radius 2 is 1.77 bits per heavy atom. The molecule has 1 atom stereocenters. The predicted octanol–water partition coefficient (Wildman–Crippen LogP) is 2.51. The molecule has 2 aliphatic rings. The lowest BCUT2D eigenvalue weighted by Crippen LogP contribution is -2.44. The van der Waals surface area contributed by atoms with E-state index in [-0.39, 0.29) is 5.91 Å². The highest BCUT2D eigenvalue weighted by atomic mass is 16.6. The maximum atomic E-state index is 13.5. The molecule has 1 saturated heterocycles. The van der Waals surface area contributed by atoms with E-state index in [1.165, 1.54) is 0 Å². The maximum absolute atomic E-state index is 13.5. The first-order valence-corrected chi connectivity index (χ1v) is 10.8. The molecule has 0 bridgehead atoms. The summed E-state index contributed by atoms with van der Waals surface area (Å²) in [7, 11) is 1.58. The number of carbonyl (C=O) groups excluding carboxylic acids is 1. The lowest BCUT2D eigenvalue weighted by atomic mass is 10.1. The van der Waals surface area contributed by atoms with E-state index >= 15 is 0 Å². The first-order chi connectivity index (χ1) is 15.2. The normalized spacial score (nSPS) is 17.2. The fourth-order valence-corrected chi connectivity index (χ4v) is 3.93. The van der Waals surface area contributed by atoms with Gasteiger partial charge in [0.15, 0.2) is 17.6 Å². The number of carbonyl (C=O) groups is 1. The Hall–Kier alpha value is -2.61. The lowest BCUT2D eigenvalue weighted by molar-refractivity contribution is -0.143. The average molecular weight is 427 g/mol. The number of amides is 1. The molecule has 0 radical (unpaired) electrons. The van der Waals surface area contributed by atoms with Crippen LogP contribution >= 0.6 is 0 Å². The Morgan fingerprint density at radius 1 is 1.03 bits per heavy atom. The van der Waals surface area contributed by atoms with Crippen molar-refractivity contribution in [1.82, 2.24) is 9.80 Å². The fraction of sp³-hybridized carbons (Fsp3) is 0.458. The summed E-state index contributed by atoms with van der Waals surface area (Å²) in [5.74, 6) is 1.44. The molecule has 0 aliphatic carbocycles. The molecule has 0 N–H and O–H groups in total. The highest BCUT2D eigenvalue weighted by Gasteiger charge is 2.27. The minimum Gasteiger partial charge on any atom is -0.486 e. The van der Waals surface area contributed by atoms with Crippen LogP contribution in [0.15, 0.2) is 48.5 Å². The van der Waals surface area contributed by atoms with Gasteiger partial charge >= 0.3 is 0 Å². The number of hydrogen-bond acceptors (Lipinski definition) is 6. The molecule has 1 fully saturated rings. The minimum absolute atomic E-state index is 0.0446. The van der Waals surface area contributed by atoms with Crippen molar-refractivity contribution >= 4 is 5.91 Å². The molecule has 166 valence electrons. The van der Waals surface area contributed by atoms with Gasteiger partial charge in [0.2, 0.25) is 0 Å². The van der Waals surface area contributed by atoms with E-state index in [9.17, 15) is 4.79 Å². The third-order valence-electron chi connectivity index (χ3n) is 5.64. The van der Waals surface area contributed by atoms with Crippen LogP contribution in [0.2, 0.25) is 0 Å². The van der Waals surface area contributed by atoms with E-state index in [2.05, 4.69) is 4.90 Å². The summed E-state index contributed by atoms with van der Waals surface area (Å²) in [6.07, 6.45) is -0.636. The summed E-state index contributed by atoms with van der Waals surface area (Å²) in [5, 5.41) is 0. The van der Waals surface area contributed by atoms with Gasteiger partial charge in [0.1, 0.15) is 13.2 Å². The second kappa shape index (κ2) is 10.6. The fourth-order valence-electron chi connectivity index (χ4n) is 3.93. The summed E-state index contributed by atoms with van der Waals surface area (Å²) in [6, 6.07) is 15.5. The number of nitrogens with zero attached hydrogens (tertiary/aromatic N) is 2. The summed E-state index contributed by atoms with van der Waals surface area (Å²) in [5.41, 5.74) is 1.86. The van der Waals surface area contributed by atoms with Crippen LogP contribution in [0.4, 0.5) is 0 Å². The van der Waals surface area contributed by atoms with Crippen LogP contribution in [0.1, 0.15) is 17.2 Å². The first-order valence-electron chi connectivity index (χ1n) is 10.8. The van der Waals surface area contributed by atoms with E-state index in [0.717, 1.165) is 55.5 Å². The van der Waals surface area contributed by atoms with Crippen molar-refractivity contribution in [1.29, 1.82) is 0 Å². The molecule has 31 heavy (non-hydrogen) atoms. The minimum atomic E-state index is -0.636. The van der Waals surface area contributed by atoms with Gasteiger partial charge in [-0.25, -0.2) is 0 Å². The van der Waals surface area contributed by atoms with Crippen LogP contribution in [0.5, 0.6) is 11.5 Å². The number of rotatable bonds is 8. The molecule has 2 aliphatic heterocycles. The van der Waals surface area contributed by atoms with Gasteiger partial charge in [-0.15, -0.1) is 0 Å². The standard InChI is InChI=1S/C24H30N2O5/c1-28-23(20-5-3-2-4-6-20)24(27)26(10-9-25-11-13-29-14-12-25)18-19-7-8-21-22(17-19)31-16-15-30-21/h2-8,17,23H,9-16,18H2,1H3. The molecule has 0 saturated carbocycles. The van der Waals surface area contributed by atoms with Crippen molar-refractivity contribution in [2.45, 2.75) is 12.6 Å². The van der Waals surface area contributed by atoms with Crippen molar-refractivity contribution < 1.29 is 23.7 Å². The van der Waals surface area contributed by atoms with Crippen LogP contribution in [0.3, 0.4) is 0 Å². The van der Waals surface area contributed by atoms with Crippen LogP contribution in [0.25, 0.3) is 0 Å². The SMILES string of the molecule is COC(C(=O)N(CCN1CCOCC1)Cc1ccc2c(c1)OCCO2)c1ccccc1. The van der Waals surface area contributed by atoms with Gasteiger partial charge in [-0.1, -0.05) is 36.4 Å². The molecule has 7 nitrogen and oxygen atoms in total. The molecule has 2 aromatic carbocycles. The molecule has 0 spiro atoms. The Morgan fingerprint density at radius 3 is 2.52 bits per heavy atom. The van der Waals surface area contributed by atoms with E-state index in [1.54, 1.807) is 7.11 Å². The molecular weight excluding hydrogens is 396 g/mol. The monoisotopic (exact) mass is 426 g/mol. The third-order valence-corrected chi connectivity index (χ3v) is 5.64. The second-order valence-corrected chi connectivity index (χ2v) is 7.72. The van der Waals surface area contributed by atoms with Gasteiger partial charge < -0.3 is 23.8 Å². The first kappa shape index (κ1) is 21.6. The summed E-state index contributed by atoms with van der Waals surface area (Å²) >= 11 is 0. The number of benzene rings is 2. The number of fused-ring (bicyclic) bond motifs is 1. The molecule has 7 heteroatoms. The Bertz CT molecular complexity index is 854. The Labute approximate surface area is 183 Å². The van der Waals surface area contributed by atoms with Crippen molar-refractivity contribution in [2.75, 3.05) is 59.7 Å². The van der Waals surface area contributed by atoms with Crippen molar-refractivity contribution in [2.24, 2.45) is 0 Å². The summed E-state index contributed by atoms with van der Waals surface area (Å²) in [6.45, 7) is 6.23. The van der Waals surface area contributed by atoms with E-state index in [0.29, 0.717) is 26.3 Å². The number of hydrogen-bond donors (Lipinski definition) is 0. The van der Waals surface area contributed by atoms with Crippen LogP contribution in [0, 0.1) is 0 Å². The number of ether oxygens (including phenoxy) is 4. The third kappa shape index (κ3) is 5.55. The lowest BCUT2D eigenvalue weighted by Gasteiger charge is -2.32. The highest BCUT2D eigenvalue weighted by molar-refractivity contribution is 5.82. The van der Waals surface area contributed by atoms with Crippen molar-refractivity contribution in [3.05, 3.63) is 59.7 Å². The predicted molar refractivity (Wildman–Crippen MR) is 116 cm³/mol. The smallest absolute Gasteiger partial charge is 0.256 e. The summed E-state index contributed by atoms with van der Waals surface area (Å²) in [4.78, 5) is 17.8. The van der Waals surface area contributed by atoms with Gasteiger partial charge in [0.25, 0.3) is 5.91 Å². The van der Waals surface area contributed by atoms with E-state index in [4.69, 9.17) is 18.9 Å². The van der Waals surface area contributed by atoms with Crippen LogP contribution in [-0.4, -0.2) is 75.4 Å². The molecule has 0 aromatic heterocycles. The maximum Gasteiger partial charge on any atom is 0.256 e. The zero-order chi connectivity index (χ0) is 21.5. The zero-order valence-electron chi connectivity index (χ0n) is 18.0. The molecule has 1 unspecified atom stereocenters. The molecule has 4 rings (SSSR count). The van der Waals surface area contributed by atoms with Gasteiger partial charge in [0, 0.05) is 39.8 Å². The highest BCUT2D eigenvalue weighted by Crippen LogP contribution is 2.31. The van der Waals surface area contributed by atoms with E-state index < -0.39 is 6.10 Å². The number of morpholine rings is 1. The molecule has 2 heterocycles. The van der Waals surface area contributed by atoms with Crippen LogP contribution in [-0.2, 0) is 20.8 Å². The molecular formula is C24H30N2O5. The molecule has 1 amide bonds. The van der Waals surface area contributed by atoms with E-state index in [1.807, 2.05) is 53.4 Å². The van der Waals surface area contributed by atoms with Crippen molar-refractivity contribution in [3.8, 4) is 11.5 Å². The largest absolute Gasteiger partial charge is 0.486 e. The zero-order valence-corrected chi connectivity index (χ0v) is 18.0. The Balaban J connectivity index is 1.52. The average Bonchev–Trinajstić information content (AvgIpc) is 2.83. The molecule has 2 aromatic rings. The topological polar surface area (TPSA) is 60.5 Å². The number of methoxy groups -OCH3 is 1. The van der Waals surface area contributed by atoms with Crippen molar-refractivity contribution in [3.63, 3.8) is 0 Å². The summed E-state index contributed by atoms with van der Waals surface area (Å²) < 4.78 is 22.4. The van der Waals surface area contributed by atoms with Crippen LogP contribution < -0.4 is 9.47 Å². The Kier molecular flexibility index (Phi) is 7.40. The van der Waals surface area contributed by atoms with Gasteiger partial charge in [0.05, 0.1) is 13.2 Å². The van der Waals surface area contributed by atoms with Gasteiger partial charge in [-0.05, 0) is 23.3 Å². The second-order valence-electron chi connectivity index (χ2n) is 7.72. The van der Waals surface area contributed by atoms with Gasteiger partial charge in [-0.3, -0.25) is 9.69 Å².